The Morgan fingerprint density at radius 2 is 1.81 bits per heavy atom. The van der Waals surface area contributed by atoms with Gasteiger partial charge in [0.2, 0.25) is 0 Å². The number of hydrogen-bond acceptors (Lipinski definition) is 1. The van der Waals surface area contributed by atoms with Crippen LogP contribution >= 0.6 is 0 Å². The average Bonchev–Trinajstić information content (AvgIpc) is 2.84. The van der Waals surface area contributed by atoms with E-state index >= 15 is 0 Å². The van der Waals surface area contributed by atoms with E-state index in [2.05, 4.69) is 52.0 Å². The van der Waals surface area contributed by atoms with Gasteiger partial charge >= 0.3 is 0 Å². The van der Waals surface area contributed by atoms with Crippen molar-refractivity contribution in [3.8, 4) is 0 Å². The van der Waals surface area contributed by atoms with E-state index in [9.17, 15) is 0 Å². The lowest BCUT2D eigenvalue weighted by Gasteiger charge is -2.11. The summed E-state index contributed by atoms with van der Waals surface area (Å²) in [6, 6.07) is 8.89. The van der Waals surface area contributed by atoms with Gasteiger partial charge in [-0.2, -0.15) is 0 Å². The minimum Gasteiger partial charge on any atom is -0.367 e. The summed E-state index contributed by atoms with van der Waals surface area (Å²) in [4.78, 5) is 0. The van der Waals surface area contributed by atoms with Gasteiger partial charge in [-0.3, -0.25) is 0 Å². The summed E-state index contributed by atoms with van der Waals surface area (Å²) in [5.74, 6) is 0.639. The van der Waals surface area contributed by atoms with Crippen LogP contribution in [0.2, 0.25) is 0 Å². The molecule has 0 saturated carbocycles. The number of aryl methyl sites for hydroxylation is 1. The molecule has 1 nitrogen and oxygen atoms in total. The number of rotatable bonds is 4. The van der Waals surface area contributed by atoms with Crippen molar-refractivity contribution in [2.24, 2.45) is 0 Å². The lowest BCUT2D eigenvalue weighted by molar-refractivity contribution is 0.317. The Kier molecular flexibility index (Phi) is 3.07. The summed E-state index contributed by atoms with van der Waals surface area (Å²) in [6.07, 6.45) is 2.89. The minimum atomic E-state index is 0.146. The van der Waals surface area contributed by atoms with Gasteiger partial charge in [0.15, 0.2) is 0 Å². The summed E-state index contributed by atoms with van der Waals surface area (Å²) in [5, 5.41) is 0. The van der Waals surface area contributed by atoms with Crippen molar-refractivity contribution in [1.29, 1.82) is 0 Å². The molecule has 0 radical (unpaired) electrons. The molecule has 2 atom stereocenters. The Morgan fingerprint density at radius 3 is 2.31 bits per heavy atom. The van der Waals surface area contributed by atoms with Crippen LogP contribution in [0.3, 0.4) is 0 Å². The van der Waals surface area contributed by atoms with Crippen LogP contribution in [0.1, 0.15) is 50.7 Å². The van der Waals surface area contributed by atoms with Crippen molar-refractivity contribution in [1.82, 2.24) is 0 Å². The Labute approximate surface area is 98.8 Å². The second-order valence-corrected chi connectivity index (χ2v) is 5.60. The SMILES string of the molecule is Cc1ccc(C(C)CCC2OC2(C)C)cc1. The van der Waals surface area contributed by atoms with Gasteiger partial charge in [-0.15, -0.1) is 0 Å². The molecule has 2 unspecified atom stereocenters. The quantitative estimate of drug-likeness (QED) is 0.694. The van der Waals surface area contributed by atoms with E-state index in [1.54, 1.807) is 0 Å². The van der Waals surface area contributed by atoms with Gasteiger partial charge in [-0.1, -0.05) is 36.8 Å². The molecule has 16 heavy (non-hydrogen) atoms. The predicted octanol–water partition coefficient (Wildman–Crippen LogP) is 4.06. The zero-order valence-corrected chi connectivity index (χ0v) is 10.8. The summed E-state index contributed by atoms with van der Waals surface area (Å²) in [7, 11) is 0. The molecule has 1 aromatic rings. The first-order chi connectivity index (χ1) is 7.49. The predicted molar refractivity (Wildman–Crippen MR) is 67.8 cm³/mol. The fraction of sp³-hybridized carbons (Fsp3) is 0.600. The van der Waals surface area contributed by atoms with Crippen molar-refractivity contribution < 1.29 is 4.74 Å². The van der Waals surface area contributed by atoms with Crippen molar-refractivity contribution in [2.45, 2.75) is 58.2 Å². The Hall–Kier alpha value is -0.820. The molecular weight excluding hydrogens is 196 g/mol. The first-order valence-electron chi connectivity index (χ1n) is 6.23. The summed E-state index contributed by atoms with van der Waals surface area (Å²) in [6.45, 7) is 8.79. The van der Waals surface area contributed by atoms with Crippen LogP contribution in [0, 0.1) is 6.92 Å². The summed E-state index contributed by atoms with van der Waals surface area (Å²) in [5.41, 5.74) is 2.93. The molecule has 2 rings (SSSR count). The van der Waals surface area contributed by atoms with E-state index in [0.29, 0.717) is 12.0 Å². The molecule has 1 aliphatic rings. The first kappa shape index (κ1) is 11.7. The molecule has 88 valence electrons. The molecule has 1 saturated heterocycles. The molecule has 0 N–H and O–H groups in total. The second-order valence-electron chi connectivity index (χ2n) is 5.60. The van der Waals surface area contributed by atoms with Gasteiger partial charge in [0, 0.05) is 0 Å². The normalized spacial score (nSPS) is 24.1. The maximum Gasteiger partial charge on any atom is 0.0892 e. The third kappa shape index (κ3) is 2.65. The van der Waals surface area contributed by atoms with Crippen LogP contribution in [0.25, 0.3) is 0 Å². The van der Waals surface area contributed by atoms with Gasteiger partial charge in [-0.05, 0) is 45.1 Å². The molecule has 1 fully saturated rings. The smallest absolute Gasteiger partial charge is 0.0892 e. The molecule has 1 aliphatic heterocycles. The maximum absolute atomic E-state index is 5.61. The molecule has 0 bridgehead atoms. The van der Waals surface area contributed by atoms with Crippen molar-refractivity contribution in [2.75, 3.05) is 0 Å². The molecule has 0 aromatic heterocycles. The van der Waals surface area contributed by atoms with Gasteiger partial charge in [0.1, 0.15) is 0 Å². The molecule has 1 heterocycles. The monoisotopic (exact) mass is 218 g/mol. The van der Waals surface area contributed by atoms with Crippen molar-refractivity contribution in [3.63, 3.8) is 0 Å². The zero-order valence-electron chi connectivity index (χ0n) is 10.8. The highest BCUT2D eigenvalue weighted by Crippen LogP contribution is 2.39. The third-order valence-electron chi connectivity index (χ3n) is 3.67. The van der Waals surface area contributed by atoms with Crippen molar-refractivity contribution >= 4 is 0 Å². The Bertz CT molecular complexity index is 350. The molecule has 1 aromatic carbocycles. The molecule has 0 spiro atoms. The number of ether oxygens (including phenoxy) is 1. The molecule has 1 heteroatoms. The fourth-order valence-corrected chi connectivity index (χ4v) is 2.20. The van der Waals surface area contributed by atoms with Crippen LogP contribution in [0.15, 0.2) is 24.3 Å². The molecule has 0 aliphatic carbocycles. The topological polar surface area (TPSA) is 12.5 Å². The lowest BCUT2D eigenvalue weighted by Crippen LogP contribution is -2.04. The number of benzene rings is 1. The fourth-order valence-electron chi connectivity index (χ4n) is 2.20. The highest BCUT2D eigenvalue weighted by atomic mass is 16.6. The average molecular weight is 218 g/mol. The van der Waals surface area contributed by atoms with E-state index in [-0.39, 0.29) is 5.60 Å². The maximum atomic E-state index is 5.61. The van der Waals surface area contributed by atoms with Gasteiger partial charge < -0.3 is 4.74 Å². The van der Waals surface area contributed by atoms with E-state index < -0.39 is 0 Å². The molecule has 0 amide bonds. The second kappa shape index (κ2) is 4.21. The summed E-state index contributed by atoms with van der Waals surface area (Å²) >= 11 is 0. The zero-order chi connectivity index (χ0) is 11.8. The number of hydrogen-bond donors (Lipinski definition) is 0. The van der Waals surface area contributed by atoms with E-state index in [0.717, 1.165) is 0 Å². The third-order valence-corrected chi connectivity index (χ3v) is 3.67. The Balaban J connectivity index is 1.84. The van der Waals surface area contributed by atoms with E-state index in [1.807, 2.05) is 0 Å². The first-order valence-corrected chi connectivity index (χ1v) is 6.23. The molecular formula is C15H22O. The highest BCUT2D eigenvalue weighted by molar-refractivity contribution is 5.24. The van der Waals surface area contributed by atoms with Crippen LogP contribution < -0.4 is 0 Å². The lowest BCUT2D eigenvalue weighted by atomic mass is 9.93. The van der Waals surface area contributed by atoms with Crippen LogP contribution in [0.5, 0.6) is 0 Å². The van der Waals surface area contributed by atoms with Gasteiger partial charge in [-0.25, -0.2) is 0 Å². The van der Waals surface area contributed by atoms with Crippen LogP contribution in [0.4, 0.5) is 0 Å². The summed E-state index contributed by atoms with van der Waals surface area (Å²) < 4.78 is 5.61. The van der Waals surface area contributed by atoms with Crippen LogP contribution in [-0.4, -0.2) is 11.7 Å². The van der Waals surface area contributed by atoms with Gasteiger partial charge in [0.05, 0.1) is 11.7 Å². The van der Waals surface area contributed by atoms with Gasteiger partial charge in [0.25, 0.3) is 0 Å². The minimum absolute atomic E-state index is 0.146. The van der Waals surface area contributed by atoms with E-state index in [4.69, 9.17) is 4.74 Å². The number of epoxide rings is 1. The standard InChI is InChI=1S/C15H22O/c1-11-5-8-13(9-6-11)12(2)7-10-14-15(3,4)16-14/h5-6,8-9,12,14H,7,10H2,1-4H3. The van der Waals surface area contributed by atoms with Crippen LogP contribution in [-0.2, 0) is 4.74 Å². The Morgan fingerprint density at radius 1 is 1.25 bits per heavy atom. The largest absolute Gasteiger partial charge is 0.367 e. The van der Waals surface area contributed by atoms with Crippen molar-refractivity contribution in [3.05, 3.63) is 35.4 Å². The highest BCUT2D eigenvalue weighted by Gasteiger charge is 2.46. The van der Waals surface area contributed by atoms with E-state index in [1.165, 1.54) is 24.0 Å².